The molecule has 0 radical (unpaired) electrons. The minimum Gasteiger partial charge on any atom is -0.479 e. The van der Waals surface area contributed by atoms with Crippen LogP contribution >= 0.6 is 0 Å². The van der Waals surface area contributed by atoms with Crippen LogP contribution in [0.3, 0.4) is 0 Å². The van der Waals surface area contributed by atoms with E-state index in [1.165, 1.54) is 0 Å². The van der Waals surface area contributed by atoms with Gasteiger partial charge in [0.25, 0.3) is 0 Å². The van der Waals surface area contributed by atoms with Crippen LogP contribution in [0, 0.1) is 11.3 Å². The molecule has 2 aliphatic carbocycles. The molecule has 3 nitrogen and oxygen atoms in total. The molecule has 0 bridgehead atoms. The Bertz CT molecular complexity index is 301. The first kappa shape index (κ1) is 8.66. The molecule has 13 heavy (non-hydrogen) atoms. The lowest BCUT2D eigenvalue weighted by Crippen LogP contribution is -2.31. The Morgan fingerprint density at radius 2 is 2.38 bits per heavy atom. The van der Waals surface area contributed by atoms with Crippen molar-refractivity contribution in [2.45, 2.75) is 31.9 Å². The fourth-order valence-electron chi connectivity index (χ4n) is 2.96. The lowest BCUT2D eigenvalue weighted by Gasteiger charge is -2.12. The van der Waals surface area contributed by atoms with Crippen LogP contribution in [0.2, 0.25) is 0 Å². The lowest BCUT2D eigenvalue weighted by molar-refractivity contribution is -0.149. The van der Waals surface area contributed by atoms with Crippen molar-refractivity contribution in [3.63, 3.8) is 0 Å². The van der Waals surface area contributed by atoms with Crippen molar-refractivity contribution in [2.24, 2.45) is 11.3 Å². The summed E-state index contributed by atoms with van der Waals surface area (Å²) in [5, 5.41) is 8.71. The monoisotopic (exact) mass is 186 g/mol. The zero-order valence-electron chi connectivity index (χ0n) is 7.34. The number of alkyl halides is 1. The van der Waals surface area contributed by atoms with Gasteiger partial charge in [0.05, 0.1) is 5.41 Å². The number of hydrogen-bond acceptors (Lipinski definition) is 2. The van der Waals surface area contributed by atoms with Gasteiger partial charge < -0.3 is 5.11 Å². The van der Waals surface area contributed by atoms with E-state index in [1.807, 2.05) is 0 Å². The van der Waals surface area contributed by atoms with Crippen molar-refractivity contribution in [2.75, 3.05) is 0 Å². The molecule has 0 aliphatic heterocycles. The number of carbonyl (C=O) groups excluding carboxylic acids is 1. The molecule has 0 aromatic heterocycles. The molecule has 2 saturated carbocycles. The molecule has 3 unspecified atom stereocenters. The Morgan fingerprint density at radius 3 is 2.69 bits per heavy atom. The van der Waals surface area contributed by atoms with Gasteiger partial charge >= 0.3 is 5.97 Å². The number of aliphatic carboxylic acids is 1. The predicted octanol–water partition coefficient (Wildman–Crippen LogP) is 1.17. The predicted molar refractivity (Wildman–Crippen MR) is 41.9 cm³/mol. The molecule has 0 aromatic rings. The Balaban J connectivity index is 2.41. The summed E-state index contributed by atoms with van der Waals surface area (Å²) in [5.74, 6) is -2.23. The average Bonchev–Trinajstić information content (AvgIpc) is 2.43. The summed E-state index contributed by atoms with van der Waals surface area (Å²) < 4.78 is 13.8. The van der Waals surface area contributed by atoms with E-state index in [0.717, 1.165) is 0 Å². The van der Waals surface area contributed by atoms with Gasteiger partial charge in [-0.1, -0.05) is 6.92 Å². The molecular weight excluding hydrogens is 175 g/mol. The Hall–Kier alpha value is -0.930. The van der Waals surface area contributed by atoms with E-state index in [9.17, 15) is 14.0 Å². The fraction of sp³-hybridized carbons (Fsp3) is 0.778. The van der Waals surface area contributed by atoms with E-state index in [-0.39, 0.29) is 5.78 Å². The van der Waals surface area contributed by atoms with Gasteiger partial charge in [-0.05, 0) is 12.8 Å². The molecule has 0 saturated heterocycles. The summed E-state index contributed by atoms with van der Waals surface area (Å²) in [6, 6.07) is 0. The SMILES string of the molecule is CCC12C(=O)CCC1C2(F)C(=O)O. The second-order valence-electron chi connectivity index (χ2n) is 3.86. The second kappa shape index (κ2) is 2.11. The van der Waals surface area contributed by atoms with Crippen LogP contribution in [0.15, 0.2) is 0 Å². The van der Waals surface area contributed by atoms with Crippen molar-refractivity contribution in [1.82, 2.24) is 0 Å². The number of fused-ring (bicyclic) bond motifs is 1. The van der Waals surface area contributed by atoms with Crippen molar-refractivity contribution < 1.29 is 19.1 Å². The van der Waals surface area contributed by atoms with E-state index in [0.29, 0.717) is 19.3 Å². The smallest absolute Gasteiger partial charge is 0.342 e. The van der Waals surface area contributed by atoms with Gasteiger partial charge in [-0.15, -0.1) is 0 Å². The molecule has 4 heteroatoms. The molecule has 72 valence electrons. The van der Waals surface area contributed by atoms with Gasteiger partial charge in [0, 0.05) is 12.3 Å². The first-order valence-electron chi connectivity index (χ1n) is 4.47. The van der Waals surface area contributed by atoms with E-state index >= 15 is 0 Å². The maximum atomic E-state index is 13.8. The third kappa shape index (κ3) is 0.628. The third-order valence-corrected chi connectivity index (χ3v) is 3.67. The van der Waals surface area contributed by atoms with Gasteiger partial charge in [0.2, 0.25) is 5.67 Å². The highest BCUT2D eigenvalue weighted by Gasteiger charge is 2.86. The highest BCUT2D eigenvalue weighted by molar-refractivity contribution is 6.03. The van der Waals surface area contributed by atoms with E-state index in [4.69, 9.17) is 5.11 Å². The van der Waals surface area contributed by atoms with Crippen LogP contribution in [0.1, 0.15) is 26.2 Å². The average molecular weight is 186 g/mol. The van der Waals surface area contributed by atoms with Crippen molar-refractivity contribution in [3.8, 4) is 0 Å². The van der Waals surface area contributed by atoms with E-state index in [2.05, 4.69) is 0 Å². The highest BCUT2D eigenvalue weighted by atomic mass is 19.1. The number of Topliss-reactive ketones (excluding diaryl/α,β-unsaturated/α-hetero) is 1. The van der Waals surface area contributed by atoms with Crippen molar-refractivity contribution in [1.29, 1.82) is 0 Å². The Labute approximate surface area is 74.9 Å². The number of hydrogen-bond donors (Lipinski definition) is 1. The molecule has 2 fully saturated rings. The number of halogens is 1. The molecule has 2 aliphatic rings. The summed E-state index contributed by atoms with van der Waals surface area (Å²) in [7, 11) is 0. The Morgan fingerprint density at radius 1 is 1.77 bits per heavy atom. The largest absolute Gasteiger partial charge is 0.479 e. The summed E-state index contributed by atoms with van der Waals surface area (Å²) in [6.45, 7) is 1.68. The topological polar surface area (TPSA) is 54.4 Å². The molecule has 0 aromatic carbocycles. The summed E-state index contributed by atoms with van der Waals surface area (Å²) in [4.78, 5) is 22.1. The molecule has 2 rings (SSSR count). The summed E-state index contributed by atoms with van der Waals surface area (Å²) >= 11 is 0. The normalized spacial score (nSPS) is 47.5. The minimum atomic E-state index is -2.25. The molecule has 0 spiro atoms. The van der Waals surface area contributed by atoms with Crippen molar-refractivity contribution in [3.05, 3.63) is 0 Å². The summed E-state index contributed by atoms with van der Waals surface area (Å²) in [6.07, 6.45) is 1.05. The third-order valence-electron chi connectivity index (χ3n) is 3.67. The van der Waals surface area contributed by atoms with E-state index < -0.39 is 23.0 Å². The van der Waals surface area contributed by atoms with Gasteiger partial charge in [0.1, 0.15) is 5.78 Å². The van der Waals surface area contributed by atoms with Crippen molar-refractivity contribution >= 4 is 11.8 Å². The number of rotatable bonds is 2. The molecular formula is C9H11FO3. The maximum Gasteiger partial charge on any atom is 0.342 e. The highest BCUT2D eigenvalue weighted by Crippen LogP contribution is 2.73. The number of carbonyl (C=O) groups is 2. The molecule has 0 amide bonds. The summed E-state index contributed by atoms with van der Waals surface area (Å²) in [5.41, 5.74) is -3.42. The zero-order chi connectivity index (χ0) is 9.85. The van der Waals surface area contributed by atoms with Crippen LogP contribution in [0.4, 0.5) is 4.39 Å². The standard InChI is InChI=1S/C9H11FO3/c1-2-8-5(3-4-6(8)11)9(8,10)7(12)13/h5H,2-4H2,1H3,(H,12,13). The minimum absolute atomic E-state index is 0.204. The van der Waals surface area contributed by atoms with Gasteiger partial charge in [-0.3, -0.25) is 4.79 Å². The van der Waals surface area contributed by atoms with Gasteiger partial charge in [-0.2, -0.15) is 0 Å². The second-order valence-corrected chi connectivity index (χ2v) is 3.86. The molecule has 1 N–H and O–H groups in total. The van der Waals surface area contributed by atoms with Crippen LogP contribution in [-0.4, -0.2) is 22.5 Å². The number of carboxylic acids is 1. The number of ketones is 1. The van der Waals surface area contributed by atoms with Crippen LogP contribution in [-0.2, 0) is 9.59 Å². The maximum absolute atomic E-state index is 13.8. The van der Waals surface area contributed by atoms with E-state index in [1.54, 1.807) is 6.92 Å². The van der Waals surface area contributed by atoms with Crippen LogP contribution in [0.5, 0.6) is 0 Å². The Kier molecular flexibility index (Phi) is 1.40. The number of carboxylic acid groups (broad SMARTS) is 1. The molecule has 0 heterocycles. The van der Waals surface area contributed by atoms with Crippen LogP contribution < -0.4 is 0 Å². The van der Waals surface area contributed by atoms with Crippen LogP contribution in [0.25, 0.3) is 0 Å². The van der Waals surface area contributed by atoms with Gasteiger partial charge in [0.15, 0.2) is 0 Å². The lowest BCUT2D eigenvalue weighted by atomic mass is 9.94. The van der Waals surface area contributed by atoms with Gasteiger partial charge in [-0.25, -0.2) is 9.18 Å². The zero-order valence-corrected chi connectivity index (χ0v) is 7.34. The fourth-order valence-corrected chi connectivity index (χ4v) is 2.96. The molecule has 3 atom stereocenters. The first-order chi connectivity index (χ1) is 6.01. The first-order valence-corrected chi connectivity index (χ1v) is 4.47. The quantitative estimate of drug-likeness (QED) is 0.704.